The minimum absolute atomic E-state index is 0.0540. The lowest BCUT2D eigenvalue weighted by atomic mass is 10.1. The van der Waals surface area contributed by atoms with Gasteiger partial charge in [0, 0.05) is 5.56 Å². The fraction of sp³-hybridized carbons (Fsp3) is 0.294. The number of nitrogens with two attached hydrogens (primary N) is 1. The highest BCUT2D eigenvalue weighted by atomic mass is 35.5. The fourth-order valence-corrected chi connectivity index (χ4v) is 2.37. The first-order valence-electron chi connectivity index (χ1n) is 7.72. The van der Waals surface area contributed by atoms with Crippen LogP contribution in [0.15, 0.2) is 18.2 Å². The lowest BCUT2D eigenvalue weighted by Crippen LogP contribution is -2.10. The van der Waals surface area contributed by atoms with Gasteiger partial charge in [-0.15, -0.1) is 0 Å². The van der Waals surface area contributed by atoms with Gasteiger partial charge in [-0.25, -0.2) is 14.2 Å². The zero-order chi connectivity index (χ0) is 19.3. The molecule has 0 aliphatic rings. The second kappa shape index (κ2) is 8.91. The predicted octanol–water partition coefficient (Wildman–Crippen LogP) is 5.10. The number of anilines is 1. The van der Waals surface area contributed by atoms with Gasteiger partial charge in [0.1, 0.15) is 5.02 Å². The van der Waals surface area contributed by atoms with E-state index in [1.54, 1.807) is 0 Å². The lowest BCUT2D eigenvalue weighted by molar-refractivity contribution is 0.120. The summed E-state index contributed by atoms with van der Waals surface area (Å²) >= 11 is 12.0. The number of nitrogen functional groups attached to an aromatic ring is 1. The molecule has 0 fully saturated rings. The van der Waals surface area contributed by atoms with Gasteiger partial charge >= 0.3 is 6.16 Å². The normalized spacial score (nSPS) is 10.5. The number of benzene rings is 1. The molecule has 0 spiro atoms. The zero-order valence-corrected chi connectivity index (χ0v) is 15.7. The molecule has 0 radical (unpaired) electrons. The van der Waals surface area contributed by atoms with Gasteiger partial charge in [-0.05, 0) is 24.6 Å². The average Bonchev–Trinajstić information content (AvgIpc) is 2.61. The van der Waals surface area contributed by atoms with Crippen molar-refractivity contribution in [3.63, 3.8) is 0 Å². The minimum atomic E-state index is -1.03. The molecule has 0 aliphatic heterocycles. The van der Waals surface area contributed by atoms with Gasteiger partial charge < -0.3 is 19.9 Å². The van der Waals surface area contributed by atoms with E-state index in [0.29, 0.717) is 6.61 Å². The molecule has 0 amide bonds. The predicted molar refractivity (Wildman–Crippen MR) is 97.5 cm³/mol. The summed E-state index contributed by atoms with van der Waals surface area (Å²) in [5, 5.41) is 0.0447. The average molecular weight is 403 g/mol. The van der Waals surface area contributed by atoms with Crippen molar-refractivity contribution in [2.75, 3.05) is 19.5 Å². The smallest absolute Gasteiger partial charge is 0.489 e. The minimum Gasteiger partial charge on any atom is -0.489 e. The number of methoxy groups -OCH3 is 1. The Hall–Kier alpha value is -2.25. The molecule has 6 nitrogen and oxygen atoms in total. The number of carbonyl (C=O) groups excluding carboxylic acids is 1. The Balaban J connectivity index is 2.47. The molecule has 1 aromatic heterocycles. The van der Waals surface area contributed by atoms with Crippen LogP contribution in [0.3, 0.4) is 0 Å². The van der Waals surface area contributed by atoms with E-state index in [0.717, 1.165) is 20.0 Å². The maximum absolute atomic E-state index is 14.9. The number of nitrogens with zero attached hydrogens (tertiary/aromatic N) is 1. The van der Waals surface area contributed by atoms with Gasteiger partial charge in [0.15, 0.2) is 11.6 Å². The van der Waals surface area contributed by atoms with Crippen molar-refractivity contribution >= 4 is 35.0 Å². The standard InChI is InChI=1S/C17H17Cl2FN2O4/c1-3-4-7-25-15-10(18)6-5-9(14(15)20)12-8-11(21)13(19)16(22-12)26-17(23)24-2/h5-6,8H,3-4,7H2,1-2H3,(H2,21,22). The molecule has 2 N–H and O–H groups in total. The van der Waals surface area contributed by atoms with Crippen LogP contribution in [-0.2, 0) is 4.74 Å². The van der Waals surface area contributed by atoms with Crippen LogP contribution in [0.4, 0.5) is 14.9 Å². The van der Waals surface area contributed by atoms with E-state index in [1.165, 1.54) is 18.2 Å². The monoisotopic (exact) mass is 402 g/mol. The third-order valence-electron chi connectivity index (χ3n) is 3.37. The summed E-state index contributed by atoms with van der Waals surface area (Å²) in [5.74, 6) is -1.08. The fourth-order valence-electron chi connectivity index (χ4n) is 2.03. The molecule has 1 heterocycles. The molecule has 140 valence electrons. The Morgan fingerprint density at radius 3 is 2.73 bits per heavy atom. The third-order valence-corrected chi connectivity index (χ3v) is 4.05. The van der Waals surface area contributed by atoms with Gasteiger partial charge in [-0.1, -0.05) is 36.5 Å². The maximum Gasteiger partial charge on any atom is 0.514 e. The Labute approximate surface area is 160 Å². The molecular formula is C17H17Cl2FN2O4. The van der Waals surface area contributed by atoms with Gasteiger partial charge in [0.25, 0.3) is 0 Å². The van der Waals surface area contributed by atoms with E-state index in [-0.39, 0.29) is 38.6 Å². The van der Waals surface area contributed by atoms with E-state index >= 15 is 0 Å². The van der Waals surface area contributed by atoms with Gasteiger partial charge in [0.2, 0.25) is 5.88 Å². The van der Waals surface area contributed by atoms with Crippen LogP contribution in [0.1, 0.15) is 19.8 Å². The first-order chi connectivity index (χ1) is 12.4. The summed E-state index contributed by atoms with van der Waals surface area (Å²) in [4.78, 5) is 15.4. The van der Waals surface area contributed by atoms with E-state index in [2.05, 4.69) is 9.72 Å². The molecule has 0 aliphatic carbocycles. The Morgan fingerprint density at radius 1 is 1.35 bits per heavy atom. The number of unbranched alkanes of at least 4 members (excludes halogenated alkanes) is 1. The molecule has 1 aromatic carbocycles. The highest BCUT2D eigenvalue weighted by Crippen LogP contribution is 2.38. The molecule has 26 heavy (non-hydrogen) atoms. The van der Waals surface area contributed by atoms with Crippen molar-refractivity contribution in [1.29, 1.82) is 0 Å². The first-order valence-corrected chi connectivity index (χ1v) is 8.47. The van der Waals surface area contributed by atoms with Crippen LogP contribution in [0, 0.1) is 5.82 Å². The molecular weight excluding hydrogens is 386 g/mol. The number of ether oxygens (including phenoxy) is 3. The Kier molecular flexibility index (Phi) is 6.88. The van der Waals surface area contributed by atoms with E-state index < -0.39 is 12.0 Å². The van der Waals surface area contributed by atoms with Gasteiger partial charge in [0.05, 0.1) is 30.1 Å². The second-order valence-electron chi connectivity index (χ2n) is 5.21. The molecule has 0 bridgehead atoms. The summed E-state index contributed by atoms with van der Waals surface area (Å²) < 4.78 is 29.6. The van der Waals surface area contributed by atoms with Gasteiger partial charge in [-0.2, -0.15) is 0 Å². The van der Waals surface area contributed by atoms with Crippen LogP contribution in [0.2, 0.25) is 10.0 Å². The summed E-state index contributed by atoms with van der Waals surface area (Å²) in [5.41, 5.74) is 6.03. The third kappa shape index (κ3) is 4.47. The molecule has 0 atom stereocenters. The van der Waals surface area contributed by atoms with E-state index in [1.807, 2.05) is 6.92 Å². The van der Waals surface area contributed by atoms with Crippen LogP contribution >= 0.6 is 23.2 Å². The Morgan fingerprint density at radius 2 is 2.08 bits per heavy atom. The quantitative estimate of drug-likeness (QED) is 0.534. The summed E-state index contributed by atoms with van der Waals surface area (Å²) in [6.45, 7) is 2.31. The summed E-state index contributed by atoms with van der Waals surface area (Å²) in [6.07, 6.45) is 0.613. The molecule has 0 saturated carbocycles. The molecule has 0 unspecified atom stereocenters. The molecule has 2 rings (SSSR count). The van der Waals surface area contributed by atoms with Crippen LogP contribution in [0.5, 0.6) is 11.6 Å². The topological polar surface area (TPSA) is 83.7 Å². The maximum atomic E-state index is 14.9. The highest BCUT2D eigenvalue weighted by Gasteiger charge is 2.20. The first kappa shape index (κ1) is 20.1. The lowest BCUT2D eigenvalue weighted by Gasteiger charge is -2.13. The number of hydrogen-bond acceptors (Lipinski definition) is 6. The van der Waals surface area contributed by atoms with Gasteiger partial charge in [-0.3, -0.25) is 0 Å². The Bertz CT molecular complexity index is 818. The number of rotatable bonds is 6. The van der Waals surface area contributed by atoms with Crippen molar-refractivity contribution in [3.8, 4) is 22.9 Å². The van der Waals surface area contributed by atoms with Crippen molar-refractivity contribution in [3.05, 3.63) is 34.1 Å². The SMILES string of the molecule is CCCCOc1c(Cl)ccc(-c2cc(N)c(Cl)c(OC(=O)OC)n2)c1F. The number of halogens is 3. The van der Waals surface area contributed by atoms with Crippen molar-refractivity contribution in [1.82, 2.24) is 4.98 Å². The van der Waals surface area contributed by atoms with Crippen LogP contribution in [-0.4, -0.2) is 24.9 Å². The molecule has 9 heteroatoms. The molecule has 2 aromatic rings. The number of carbonyl (C=O) groups is 1. The van der Waals surface area contributed by atoms with E-state index in [4.69, 9.17) is 38.4 Å². The number of hydrogen-bond donors (Lipinski definition) is 1. The largest absolute Gasteiger partial charge is 0.514 e. The second-order valence-corrected chi connectivity index (χ2v) is 6.00. The van der Waals surface area contributed by atoms with Crippen LogP contribution < -0.4 is 15.2 Å². The summed E-state index contributed by atoms with van der Waals surface area (Å²) in [6, 6.07) is 4.26. The van der Waals surface area contributed by atoms with Crippen LogP contribution in [0.25, 0.3) is 11.3 Å². The number of aromatic nitrogens is 1. The van der Waals surface area contributed by atoms with Crippen molar-refractivity contribution in [2.24, 2.45) is 0 Å². The summed E-state index contributed by atoms with van der Waals surface area (Å²) in [7, 11) is 1.13. The zero-order valence-electron chi connectivity index (χ0n) is 14.1. The van der Waals surface area contributed by atoms with Crippen molar-refractivity contribution in [2.45, 2.75) is 19.8 Å². The van der Waals surface area contributed by atoms with E-state index in [9.17, 15) is 9.18 Å². The highest BCUT2D eigenvalue weighted by molar-refractivity contribution is 6.34. The number of pyridine rings is 1. The van der Waals surface area contributed by atoms with Crippen molar-refractivity contribution < 1.29 is 23.4 Å². The molecule has 0 saturated heterocycles.